The molecule has 3 N–H and O–H groups in total. The normalized spacial score (nSPS) is 9.55. The second kappa shape index (κ2) is 5.73. The molecule has 5 heteroatoms. The van der Waals surface area contributed by atoms with Crippen LogP contribution in [0, 0.1) is 22.7 Å². The van der Waals surface area contributed by atoms with Crippen LogP contribution in [0.2, 0.25) is 0 Å². The van der Waals surface area contributed by atoms with Crippen LogP contribution < -0.4 is 15.5 Å². The average Bonchev–Trinajstić information content (AvgIpc) is 2.48. The molecule has 0 amide bonds. The van der Waals surface area contributed by atoms with E-state index in [0.717, 1.165) is 5.56 Å². The first-order chi connectivity index (χ1) is 9.72. The highest BCUT2D eigenvalue weighted by Gasteiger charge is 2.24. The van der Waals surface area contributed by atoms with Crippen LogP contribution in [0.1, 0.15) is 18.1 Å². The van der Waals surface area contributed by atoms with Crippen LogP contribution in [-0.4, -0.2) is 6.61 Å². The molecule has 0 fully saturated rings. The minimum atomic E-state index is 0.189. The maximum atomic E-state index is 9.40. The minimum Gasteiger partial charge on any atom is -0.462 e. The summed E-state index contributed by atoms with van der Waals surface area (Å²) in [6.07, 6.45) is 0. The van der Waals surface area contributed by atoms with Crippen molar-refractivity contribution >= 4 is 5.82 Å². The molecule has 1 heterocycles. The zero-order valence-corrected chi connectivity index (χ0v) is 11.0. The number of aromatic nitrogens is 1. The van der Waals surface area contributed by atoms with Crippen molar-refractivity contribution in [1.29, 1.82) is 10.5 Å². The van der Waals surface area contributed by atoms with E-state index in [1.807, 2.05) is 43.3 Å². The van der Waals surface area contributed by atoms with Crippen molar-refractivity contribution in [3.8, 4) is 29.1 Å². The van der Waals surface area contributed by atoms with Gasteiger partial charge in [-0.3, -0.25) is 5.73 Å². The van der Waals surface area contributed by atoms with Gasteiger partial charge in [0.1, 0.15) is 17.7 Å². The van der Waals surface area contributed by atoms with E-state index >= 15 is 0 Å². The lowest BCUT2D eigenvalue weighted by Gasteiger charge is -2.10. The van der Waals surface area contributed by atoms with Gasteiger partial charge in [0.05, 0.1) is 6.61 Å². The van der Waals surface area contributed by atoms with E-state index in [1.165, 1.54) is 0 Å². The zero-order valence-electron chi connectivity index (χ0n) is 11.0. The standard InChI is InChI=1S/C15H12N4O/c1-2-20-15-12(9-17)13(10-6-4-3-5-7-10)11(8-16)14(18)19-15/h3-7H,2H2,1H3,(H2,18,19)/p+1. The van der Waals surface area contributed by atoms with Gasteiger partial charge in [-0.05, 0) is 12.5 Å². The molecule has 20 heavy (non-hydrogen) atoms. The number of nitrogens with two attached hydrogens (primary N) is 1. The van der Waals surface area contributed by atoms with Crippen LogP contribution in [0.15, 0.2) is 30.3 Å². The Hall–Kier alpha value is -3.05. The summed E-state index contributed by atoms with van der Waals surface area (Å²) >= 11 is 0. The fourth-order valence-electron chi connectivity index (χ4n) is 1.99. The number of anilines is 1. The quantitative estimate of drug-likeness (QED) is 0.916. The molecule has 0 radical (unpaired) electrons. The van der Waals surface area contributed by atoms with Gasteiger partial charge in [0, 0.05) is 5.56 Å². The van der Waals surface area contributed by atoms with Gasteiger partial charge in [0.2, 0.25) is 0 Å². The van der Waals surface area contributed by atoms with E-state index in [2.05, 4.69) is 11.1 Å². The number of nitrogen functional groups attached to an aromatic ring is 1. The average molecular weight is 265 g/mol. The molecule has 1 aromatic carbocycles. The van der Waals surface area contributed by atoms with Crippen LogP contribution in [0.4, 0.5) is 5.82 Å². The van der Waals surface area contributed by atoms with Gasteiger partial charge < -0.3 is 4.74 Å². The van der Waals surface area contributed by atoms with Gasteiger partial charge in [-0.1, -0.05) is 30.3 Å². The van der Waals surface area contributed by atoms with Crippen molar-refractivity contribution in [2.24, 2.45) is 0 Å². The van der Waals surface area contributed by atoms with Crippen molar-refractivity contribution in [2.45, 2.75) is 6.92 Å². The Labute approximate surface area is 116 Å². The molecule has 0 aliphatic carbocycles. The highest BCUT2D eigenvalue weighted by Crippen LogP contribution is 2.32. The van der Waals surface area contributed by atoms with Crippen LogP contribution in [0.3, 0.4) is 0 Å². The van der Waals surface area contributed by atoms with Crippen LogP contribution in [-0.2, 0) is 0 Å². The second-order valence-electron chi connectivity index (χ2n) is 4.02. The lowest BCUT2D eigenvalue weighted by molar-refractivity contribution is -0.377. The third-order valence-electron chi connectivity index (χ3n) is 2.82. The molecular weight excluding hydrogens is 252 g/mol. The maximum Gasteiger partial charge on any atom is 0.301 e. The van der Waals surface area contributed by atoms with Crippen molar-refractivity contribution in [1.82, 2.24) is 0 Å². The monoisotopic (exact) mass is 265 g/mol. The Morgan fingerprint density at radius 2 is 1.80 bits per heavy atom. The summed E-state index contributed by atoms with van der Waals surface area (Å²) in [6, 6.07) is 13.3. The van der Waals surface area contributed by atoms with Gasteiger partial charge in [-0.15, -0.1) is 0 Å². The summed E-state index contributed by atoms with van der Waals surface area (Å²) in [5.41, 5.74) is 7.63. The molecule has 5 nitrogen and oxygen atoms in total. The predicted octanol–water partition coefficient (Wildman–Crippen LogP) is 1.89. The van der Waals surface area contributed by atoms with Gasteiger partial charge >= 0.3 is 5.88 Å². The van der Waals surface area contributed by atoms with Gasteiger partial charge in [-0.2, -0.15) is 10.5 Å². The molecule has 0 saturated heterocycles. The van der Waals surface area contributed by atoms with Gasteiger partial charge in [0.25, 0.3) is 5.82 Å². The number of H-pyrrole nitrogens is 1. The Bertz CT molecular complexity index is 711. The Kier molecular flexibility index (Phi) is 3.83. The molecule has 0 bridgehead atoms. The summed E-state index contributed by atoms with van der Waals surface area (Å²) < 4.78 is 5.40. The van der Waals surface area contributed by atoms with Crippen molar-refractivity contribution < 1.29 is 9.72 Å². The van der Waals surface area contributed by atoms with E-state index in [4.69, 9.17) is 10.5 Å². The number of nitrogens with zero attached hydrogens (tertiary/aromatic N) is 2. The molecule has 1 aromatic heterocycles. The maximum absolute atomic E-state index is 9.40. The summed E-state index contributed by atoms with van der Waals surface area (Å²) in [5.74, 6) is 0.471. The number of hydrogen-bond acceptors (Lipinski definition) is 4. The van der Waals surface area contributed by atoms with Gasteiger partial charge in [-0.25, -0.2) is 4.98 Å². The largest absolute Gasteiger partial charge is 0.462 e. The predicted molar refractivity (Wildman–Crippen MR) is 73.4 cm³/mol. The first kappa shape index (κ1) is 13.4. The van der Waals surface area contributed by atoms with E-state index in [0.29, 0.717) is 12.2 Å². The van der Waals surface area contributed by atoms with Crippen molar-refractivity contribution in [3.63, 3.8) is 0 Å². The summed E-state index contributed by atoms with van der Waals surface area (Å²) in [4.78, 5) is 2.77. The third-order valence-corrected chi connectivity index (χ3v) is 2.82. The first-order valence-corrected chi connectivity index (χ1v) is 6.10. The Morgan fingerprint density at radius 3 is 2.35 bits per heavy atom. The van der Waals surface area contributed by atoms with E-state index in [1.54, 1.807) is 0 Å². The summed E-state index contributed by atoms with van der Waals surface area (Å²) in [7, 11) is 0. The van der Waals surface area contributed by atoms with Crippen LogP contribution >= 0.6 is 0 Å². The molecular formula is C15H13N4O+. The van der Waals surface area contributed by atoms with E-state index in [-0.39, 0.29) is 22.8 Å². The van der Waals surface area contributed by atoms with Crippen molar-refractivity contribution in [3.05, 3.63) is 41.5 Å². The minimum absolute atomic E-state index is 0.189. The number of rotatable bonds is 3. The smallest absolute Gasteiger partial charge is 0.301 e. The fraction of sp³-hybridized carbons (Fsp3) is 0.133. The summed E-state index contributed by atoms with van der Waals surface area (Å²) in [6.45, 7) is 2.20. The molecule has 0 atom stereocenters. The molecule has 0 aliphatic heterocycles. The first-order valence-electron chi connectivity index (χ1n) is 6.10. The number of pyridine rings is 1. The Balaban J connectivity index is 2.83. The zero-order chi connectivity index (χ0) is 14.5. The van der Waals surface area contributed by atoms with Crippen molar-refractivity contribution in [2.75, 3.05) is 12.3 Å². The molecule has 0 saturated carbocycles. The topological polar surface area (TPSA) is 97.0 Å². The molecule has 0 unspecified atom stereocenters. The molecule has 0 spiro atoms. The van der Waals surface area contributed by atoms with Crippen LogP contribution in [0.25, 0.3) is 11.1 Å². The number of nitrogens with one attached hydrogen (secondary N) is 1. The number of aromatic amines is 1. The lowest BCUT2D eigenvalue weighted by atomic mass is 9.96. The highest BCUT2D eigenvalue weighted by atomic mass is 16.5. The summed E-state index contributed by atoms with van der Waals surface area (Å²) in [5, 5.41) is 18.7. The Morgan fingerprint density at radius 1 is 1.15 bits per heavy atom. The number of hydrogen-bond donors (Lipinski definition) is 1. The van der Waals surface area contributed by atoms with E-state index in [9.17, 15) is 10.5 Å². The van der Waals surface area contributed by atoms with E-state index < -0.39 is 0 Å². The number of benzene rings is 1. The van der Waals surface area contributed by atoms with Gasteiger partial charge in [0.15, 0.2) is 5.56 Å². The fourth-order valence-corrected chi connectivity index (χ4v) is 1.99. The second-order valence-corrected chi connectivity index (χ2v) is 4.02. The van der Waals surface area contributed by atoms with Crippen LogP contribution in [0.5, 0.6) is 5.88 Å². The molecule has 0 aliphatic rings. The SMILES string of the molecule is CCOc1[nH+]c(N)c(C#N)c(-c2ccccc2)c1C#N. The molecule has 2 aromatic rings. The number of ether oxygens (including phenoxy) is 1. The number of nitriles is 2. The molecule has 2 rings (SSSR count). The highest BCUT2D eigenvalue weighted by molar-refractivity contribution is 5.80. The lowest BCUT2D eigenvalue weighted by Crippen LogP contribution is -2.19. The third kappa shape index (κ3) is 2.25. The molecule has 98 valence electrons.